The van der Waals surface area contributed by atoms with Gasteiger partial charge >= 0.3 is 0 Å². The number of hydrogen-bond acceptors (Lipinski definition) is 4. The first-order valence-corrected chi connectivity index (χ1v) is 9.36. The van der Waals surface area contributed by atoms with E-state index in [4.69, 9.17) is 5.26 Å². The summed E-state index contributed by atoms with van der Waals surface area (Å²) in [5, 5.41) is 21.0. The molecule has 7 nitrogen and oxygen atoms in total. The number of rotatable bonds is 5. The van der Waals surface area contributed by atoms with Crippen molar-refractivity contribution in [2.45, 2.75) is 19.9 Å². The molecular formula is C22H19FN6O. The molecular weight excluding hydrogens is 383 g/mol. The van der Waals surface area contributed by atoms with Crippen molar-refractivity contribution in [3.63, 3.8) is 0 Å². The third-order valence-corrected chi connectivity index (χ3v) is 4.90. The number of nitriles is 1. The van der Waals surface area contributed by atoms with Crippen molar-refractivity contribution in [3.05, 3.63) is 76.9 Å². The van der Waals surface area contributed by atoms with E-state index >= 15 is 0 Å². The predicted octanol–water partition coefficient (Wildman–Crippen LogP) is 3.32. The second-order valence-electron chi connectivity index (χ2n) is 7.19. The summed E-state index contributed by atoms with van der Waals surface area (Å²) in [7, 11) is 2.00. The minimum atomic E-state index is -0.582. The molecule has 0 aliphatic heterocycles. The Hall–Kier alpha value is -3.99. The summed E-state index contributed by atoms with van der Waals surface area (Å²) in [5.74, 6) is -0.452. The van der Waals surface area contributed by atoms with Crippen LogP contribution >= 0.6 is 0 Å². The second kappa shape index (κ2) is 7.79. The molecule has 0 saturated carbocycles. The number of nitrogens with zero attached hydrogens (tertiary/aromatic N) is 5. The van der Waals surface area contributed by atoms with Crippen LogP contribution in [0, 0.1) is 24.1 Å². The molecule has 2 aromatic carbocycles. The summed E-state index contributed by atoms with van der Waals surface area (Å²) in [6.45, 7) is 2.27. The maximum Gasteiger partial charge on any atom is 0.230 e. The molecule has 1 amide bonds. The minimum Gasteiger partial charge on any atom is -0.350 e. The number of nitrogens with one attached hydrogen (secondary N) is 1. The number of carbonyl (C=O) groups excluding carboxylic acids is 1. The SMILES string of the molecule is Cc1cn(C)c2ccc(CC(=O)Nc3cnn(Cc4ccc(C#N)c(F)c4)n3)cc12. The standard InChI is InChI=1S/C22H19FN6O/c1-14-12-28(2)20-6-4-15(7-18(14)20)9-22(30)26-21-11-25-29(27-21)13-16-3-5-17(10-24)19(23)8-16/h3-8,11-12H,9,13H2,1-2H3,(H,26,27,30). The fourth-order valence-corrected chi connectivity index (χ4v) is 3.46. The molecule has 150 valence electrons. The van der Waals surface area contributed by atoms with Gasteiger partial charge in [-0.3, -0.25) is 4.79 Å². The highest BCUT2D eigenvalue weighted by molar-refractivity contribution is 5.92. The van der Waals surface area contributed by atoms with Crippen molar-refractivity contribution < 1.29 is 9.18 Å². The summed E-state index contributed by atoms with van der Waals surface area (Å²) in [6.07, 6.45) is 3.73. The van der Waals surface area contributed by atoms with Crippen molar-refractivity contribution in [1.29, 1.82) is 5.26 Å². The lowest BCUT2D eigenvalue weighted by Crippen LogP contribution is -2.15. The number of aryl methyl sites for hydroxylation is 2. The second-order valence-corrected chi connectivity index (χ2v) is 7.19. The molecule has 0 unspecified atom stereocenters. The van der Waals surface area contributed by atoms with Crippen molar-refractivity contribution in [2.24, 2.45) is 7.05 Å². The van der Waals surface area contributed by atoms with Crippen molar-refractivity contribution >= 4 is 22.6 Å². The number of anilines is 1. The van der Waals surface area contributed by atoms with Crippen LogP contribution in [0.15, 0.2) is 48.8 Å². The van der Waals surface area contributed by atoms with Crippen LogP contribution in [0.3, 0.4) is 0 Å². The first-order valence-electron chi connectivity index (χ1n) is 9.36. The average Bonchev–Trinajstić information content (AvgIpc) is 3.25. The topological polar surface area (TPSA) is 88.5 Å². The van der Waals surface area contributed by atoms with Crippen LogP contribution < -0.4 is 5.32 Å². The summed E-state index contributed by atoms with van der Waals surface area (Å²) < 4.78 is 15.8. The van der Waals surface area contributed by atoms with E-state index in [9.17, 15) is 9.18 Å². The van der Waals surface area contributed by atoms with Crippen LogP contribution in [0.4, 0.5) is 10.2 Å². The number of amides is 1. The van der Waals surface area contributed by atoms with Crippen LogP contribution in [-0.2, 0) is 24.8 Å². The average molecular weight is 402 g/mol. The van der Waals surface area contributed by atoms with Gasteiger partial charge in [0.1, 0.15) is 11.9 Å². The summed E-state index contributed by atoms with van der Waals surface area (Å²) in [5.41, 5.74) is 3.81. The Labute approximate surface area is 172 Å². The normalized spacial score (nSPS) is 10.9. The molecule has 30 heavy (non-hydrogen) atoms. The molecule has 0 fully saturated rings. The van der Waals surface area contributed by atoms with Crippen molar-refractivity contribution in [3.8, 4) is 6.07 Å². The van der Waals surface area contributed by atoms with Crippen molar-refractivity contribution in [1.82, 2.24) is 19.6 Å². The number of carbonyl (C=O) groups is 1. The lowest BCUT2D eigenvalue weighted by Gasteiger charge is -2.04. The predicted molar refractivity (Wildman–Crippen MR) is 110 cm³/mol. The van der Waals surface area contributed by atoms with Gasteiger partial charge in [0.05, 0.1) is 24.7 Å². The summed E-state index contributed by atoms with van der Waals surface area (Å²) in [4.78, 5) is 13.8. The monoisotopic (exact) mass is 402 g/mol. The van der Waals surface area contributed by atoms with E-state index in [1.54, 1.807) is 12.1 Å². The maximum atomic E-state index is 13.7. The molecule has 0 radical (unpaired) electrons. The molecule has 8 heteroatoms. The lowest BCUT2D eigenvalue weighted by atomic mass is 10.1. The molecule has 4 aromatic rings. The van der Waals surface area contributed by atoms with Gasteiger partial charge in [-0.2, -0.15) is 15.2 Å². The quantitative estimate of drug-likeness (QED) is 0.555. The molecule has 0 bridgehead atoms. The number of halogens is 1. The highest BCUT2D eigenvalue weighted by Crippen LogP contribution is 2.21. The Morgan fingerprint density at radius 3 is 2.80 bits per heavy atom. The number of aromatic nitrogens is 4. The van der Waals surface area contributed by atoms with E-state index in [1.807, 2.05) is 32.2 Å². The van der Waals surface area contributed by atoms with Gasteiger partial charge in [-0.1, -0.05) is 12.1 Å². The molecule has 4 rings (SSSR count). The molecule has 2 aromatic heterocycles. The highest BCUT2D eigenvalue weighted by atomic mass is 19.1. The van der Waals surface area contributed by atoms with Crippen molar-refractivity contribution in [2.75, 3.05) is 5.32 Å². The summed E-state index contributed by atoms with van der Waals surface area (Å²) >= 11 is 0. The molecule has 0 atom stereocenters. The maximum absolute atomic E-state index is 13.7. The highest BCUT2D eigenvalue weighted by Gasteiger charge is 2.10. The zero-order chi connectivity index (χ0) is 21.3. The Bertz CT molecular complexity index is 1300. The Morgan fingerprint density at radius 2 is 2.03 bits per heavy atom. The molecule has 0 spiro atoms. The van der Waals surface area contributed by atoms with E-state index < -0.39 is 5.82 Å². The van der Waals surface area contributed by atoms with Gasteiger partial charge in [0.15, 0.2) is 5.82 Å². The molecule has 1 N–H and O–H groups in total. The van der Waals surface area contributed by atoms with Crippen LogP contribution in [0.1, 0.15) is 22.3 Å². The molecule has 0 saturated heterocycles. The van der Waals surface area contributed by atoms with Gasteiger partial charge in [0.2, 0.25) is 5.91 Å². The van der Waals surface area contributed by atoms with Gasteiger partial charge in [-0.15, -0.1) is 5.10 Å². The lowest BCUT2D eigenvalue weighted by molar-refractivity contribution is -0.115. The summed E-state index contributed by atoms with van der Waals surface area (Å²) in [6, 6.07) is 12.1. The third kappa shape index (κ3) is 3.91. The van der Waals surface area contributed by atoms with E-state index in [0.29, 0.717) is 11.4 Å². The molecule has 2 heterocycles. The molecule has 0 aliphatic carbocycles. The number of fused-ring (bicyclic) bond motifs is 1. The molecule has 0 aliphatic rings. The van der Waals surface area contributed by atoms with Gasteiger partial charge in [0, 0.05) is 24.1 Å². The van der Waals surface area contributed by atoms with E-state index in [1.165, 1.54) is 23.1 Å². The smallest absolute Gasteiger partial charge is 0.230 e. The van der Waals surface area contributed by atoms with Gasteiger partial charge in [0.25, 0.3) is 0 Å². The fourth-order valence-electron chi connectivity index (χ4n) is 3.46. The largest absolute Gasteiger partial charge is 0.350 e. The van der Waals surface area contributed by atoms with Gasteiger partial charge < -0.3 is 9.88 Å². The first kappa shape index (κ1) is 19.3. The Balaban J connectivity index is 1.41. The van der Waals surface area contributed by atoms with E-state index in [-0.39, 0.29) is 24.4 Å². The third-order valence-electron chi connectivity index (χ3n) is 4.90. The van der Waals surface area contributed by atoms with E-state index in [2.05, 4.69) is 26.3 Å². The van der Waals surface area contributed by atoms with Crippen LogP contribution in [-0.4, -0.2) is 25.5 Å². The van der Waals surface area contributed by atoms with Gasteiger partial charge in [-0.05, 0) is 47.9 Å². The zero-order valence-corrected chi connectivity index (χ0v) is 16.6. The van der Waals surface area contributed by atoms with Crippen LogP contribution in [0.25, 0.3) is 10.9 Å². The first-order chi connectivity index (χ1) is 14.4. The van der Waals surface area contributed by atoms with Crippen LogP contribution in [0.5, 0.6) is 0 Å². The number of benzene rings is 2. The number of hydrogen-bond donors (Lipinski definition) is 1. The van der Waals surface area contributed by atoms with E-state index in [0.717, 1.165) is 22.0 Å². The van der Waals surface area contributed by atoms with Gasteiger partial charge in [-0.25, -0.2) is 4.39 Å². The Morgan fingerprint density at radius 1 is 1.23 bits per heavy atom. The zero-order valence-electron chi connectivity index (χ0n) is 16.6. The minimum absolute atomic E-state index is 0.0102. The Kier molecular flexibility index (Phi) is 5.02. The fraction of sp³-hybridized carbons (Fsp3) is 0.182. The van der Waals surface area contributed by atoms with Crippen LogP contribution in [0.2, 0.25) is 0 Å².